The first-order chi connectivity index (χ1) is 14.1. The molecule has 5 heteroatoms. The molecule has 152 valence electrons. The normalized spacial score (nSPS) is 12.0. The van der Waals surface area contributed by atoms with Crippen LogP contribution in [0.4, 0.5) is 0 Å². The fourth-order valence-electron chi connectivity index (χ4n) is 3.28. The summed E-state index contributed by atoms with van der Waals surface area (Å²) in [5.74, 6) is 0.349. The third-order valence-electron chi connectivity index (χ3n) is 4.73. The molecule has 2 N–H and O–H groups in total. The van der Waals surface area contributed by atoms with Crippen LogP contribution in [0.25, 0.3) is 10.8 Å². The molecule has 0 aromatic heterocycles. The molecule has 1 amide bonds. The third-order valence-corrected chi connectivity index (χ3v) is 4.73. The molecule has 5 nitrogen and oxygen atoms in total. The van der Waals surface area contributed by atoms with Crippen LogP contribution in [0, 0.1) is 6.92 Å². The molecule has 3 aromatic carbocycles. The standard InChI is InChI=1S/C24H27NO4/c1-3-28-21-13-12-18-6-4-5-7-20(18)23(21)24(27)25-16-22(29-15-14-26)19-10-8-17(2)9-11-19/h4-13,22,26H,3,14-16H2,1-2H3,(H,25,27). The monoisotopic (exact) mass is 393 g/mol. The number of aliphatic hydroxyl groups excluding tert-OH is 1. The van der Waals surface area contributed by atoms with Crippen LogP contribution in [0.15, 0.2) is 60.7 Å². The van der Waals surface area contributed by atoms with Crippen molar-refractivity contribution in [2.75, 3.05) is 26.4 Å². The molecule has 3 aromatic rings. The zero-order valence-electron chi connectivity index (χ0n) is 16.9. The van der Waals surface area contributed by atoms with Gasteiger partial charge in [-0.2, -0.15) is 0 Å². The highest BCUT2D eigenvalue weighted by atomic mass is 16.5. The van der Waals surface area contributed by atoms with Crippen molar-refractivity contribution in [1.82, 2.24) is 5.32 Å². The van der Waals surface area contributed by atoms with Gasteiger partial charge in [0.1, 0.15) is 5.75 Å². The van der Waals surface area contributed by atoms with Gasteiger partial charge in [0, 0.05) is 6.54 Å². The SMILES string of the molecule is CCOc1ccc2ccccc2c1C(=O)NCC(OCCO)c1ccc(C)cc1. The minimum atomic E-state index is -0.350. The van der Waals surface area contributed by atoms with Crippen LogP contribution < -0.4 is 10.1 Å². The zero-order valence-corrected chi connectivity index (χ0v) is 16.9. The third kappa shape index (κ3) is 5.13. The highest BCUT2D eigenvalue weighted by molar-refractivity contribution is 6.09. The fourth-order valence-corrected chi connectivity index (χ4v) is 3.28. The maximum Gasteiger partial charge on any atom is 0.255 e. The van der Waals surface area contributed by atoms with Crippen molar-refractivity contribution in [2.45, 2.75) is 20.0 Å². The molecule has 1 unspecified atom stereocenters. The Kier molecular flexibility index (Phi) is 7.22. The predicted molar refractivity (Wildman–Crippen MR) is 114 cm³/mol. The van der Waals surface area contributed by atoms with E-state index in [1.807, 2.05) is 74.5 Å². The van der Waals surface area contributed by atoms with E-state index < -0.39 is 0 Å². The van der Waals surface area contributed by atoms with Crippen molar-refractivity contribution in [3.05, 3.63) is 77.4 Å². The van der Waals surface area contributed by atoms with Gasteiger partial charge in [0.2, 0.25) is 0 Å². The Balaban J connectivity index is 1.84. The Labute approximate surface area is 171 Å². The van der Waals surface area contributed by atoms with E-state index in [-0.39, 0.29) is 31.8 Å². The Hall–Kier alpha value is -2.89. The molecule has 3 rings (SSSR count). The molecule has 0 radical (unpaired) electrons. The number of fused-ring (bicyclic) bond motifs is 1. The van der Waals surface area contributed by atoms with E-state index in [1.165, 1.54) is 0 Å². The molecule has 0 spiro atoms. The Bertz CT molecular complexity index is 953. The molecule has 0 fully saturated rings. The Morgan fingerprint density at radius 3 is 2.55 bits per heavy atom. The highest BCUT2D eigenvalue weighted by Gasteiger charge is 2.19. The first-order valence-electron chi connectivity index (χ1n) is 9.85. The second-order valence-corrected chi connectivity index (χ2v) is 6.80. The van der Waals surface area contributed by atoms with Crippen LogP contribution in [0.3, 0.4) is 0 Å². The molecule has 0 saturated heterocycles. The minimum absolute atomic E-state index is 0.0753. The average Bonchev–Trinajstić information content (AvgIpc) is 2.74. The molecule has 29 heavy (non-hydrogen) atoms. The number of amides is 1. The largest absolute Gasteiger partial charge is 0.493 e. The number of benzene rings is 3. The van der Waals surface area contributed by atoms with Gasteiger partial charge in [0.25, 0.3) is 5.91 Å². The van der Waals surface area contributed by atoms with Gasteiger partial charge in [-0.3, -0.25) is 4.79 Å². The second kappa shape index (κ2) is 10.0. The number of hydrogen-bond donors (Lipinski definition) is 2. The van der Waals surface area contributed by atoms with Crippen molar-refractivity contribution >= 4 is 16.7 Å². The molecule has 0 aliphatic heterocycles. The molecule has 0 bridgehead atoms. The molecular weight excluding hydrogens is 366 g/mol. The number of aliphatic hydroxyl groups is 1. The molecule has 1 atom stereocenters. The van der Waals surface area contributed by atoms with Crippen LogP contribution in [-0.2, 0) is 4.74 Å². The summed E-state index contributed by atoms with van der Waals surface area (Å²) < 4.78 is 11.5. The second-order valence-electron chi connectivity index (χ2n) is 6.80. The summed E-state index contributed by atoms with van der Waals surface area (Å²) in [7, 11) is 0. The molecular formula is C24H27NO4. The molecule has 0 heterocycles. The lowest BCUT2D eigenvalue weighted by molar-refractivity contribution is 0.0277. The van der Waals surface area contributed by atoms with Crippen molar-refractivity contribution in [3.8, 4) is 5.75 Å². The molecule has 0 aliphatic rings. The lowest BCUT2D eigenvalue weighted by Crippen LogP contribution is -2.30. The van der Waals surface area contributed by atoms with E-state index in [9.17, 15) is 4.79 Å². The van der Waals surface area contributed by atoms with Crippen molar-refractivity contribution in [3.63, 3.8) is 0 Å². The van der Waals surface area contributed by atoms with Gasteiger partial charge in [-0.25, -0.2) is 0 Å². The number of nitrogens with one attached hydrogen (secondary N) is 1. The summed E-state index contributed by atoms with van der Waals surface area (Å²) in [4.78, 5) is 13.1. The van der Waals surface area contributed by atoms with E-state index in [4.69, 9.17) is 14.6 Å². The summed E-state index contributed by atoms with van der Waals surface area (Å²) in [5, 5.41) is 14.0. The number of ether oxygens (including phenoxy) is 2. The predicted octanol–water partition coefficient (Wildman–Crippen LogP) is 4.03. The fraction of sp³-hybridized carbons (Fsp3) is 0.292. The van der Waals surface area contributed by atoms with Crippen LogP contribution in [0.2, 0.25) is 0 Å². The van der Waals surface area contributed by atoms with Gasteiger partial charge in [-0.15, -0.1) is 0 Å². The molecule has 0 saturated carbocycles. The van der Waals surface area contributed by atoms with E-state index in [2.05, 4.69) is 5.32 Å². The van der Waals surface area contributed by atoms with Crippen LogP contribution in [-0.4, -0.2) is 37.4 Å². The number of carbonyl (C=O) groups is 1. The number of carbonyl (C=O) groups excluding carboxylic acids is 1. The lowest BCUT2D eigenvalue weighted by Gasteiger charge is -2.20. The number of aryl methyl sites for hydroxylation is 1. The van der Waals surface area contributed by atoms with Crippen molar-refractivity contribution in [2.24, 2.45) is 0 Å². The maximum absolute atomic E-state index is 13.1. The Morgan fingerprint density at radius 1 is 1.07 bits per heavy atom. The summed E-state index contributed by atoms with van der Waals surface area (Å²) in [6.45, 7) is 4.81. The van der Waals surface area contributed by atoms with Crippen molar-refractivity contribution in [1.29, 1.82) is 0 Å². The zero-order chi connectivity index (χ0) is 20.6. The van der Waals surface area contributed by atoms with E-state index >= 15 is 0 Å². The van der Waals surface area contributed by atoms with Crippen LogP contribution in [0.1, 0.15) is 34.5 Å². The van der Waals surface area contributed by atoms with Gasteiger partial charge in [0.05, 0.1) is 31.5 Å². The first-order valence-corrected chi connectivity index (χ1v) is 9.85. The van der Waals surface area contributed by atoms with Gasteiger partial charge in [0.15, 0.2) is 0 Å². The Morgan fingerprint density at radius 2 is 1.83 bits per heavy atom. The summed E-state index contributed by atoms with van der Waals surface area (Å²) in [5.41, 5.74) is 2.62. The van der Waals surface area contributed by atoms with Gasteiger partial charge < -0.3 is 19.9 Å². The van der Waals surface area contributed by atoms with Gasteiger partial charge in [-0.1, -0.05) is 60.2 Å². The molecule has 0 aliphatic carbocycles. The van der Waals surface area contributed by atoms with Gasteiger partial charge >= 0.3 is 0 Å². The van der Waals surface area contributed by atoms with E-state index in [0.29, 0.717) is 17.9 Å². The van der Waals surface area contributed by atoms with Crippen LogP contribution in [0.5, 0.6) is 5.75 Å². The summed E-state index contributed by atoms with van der Waals surface area (Å²) in [6.07, 6.45) is -0.350. The lowest BCUT2D eigenvalue weighted by atomic mass is 10.0. The number of hydrogen-bond acceptors (Lipinski definition) is 4. The number of rotatable bonds is 9. The van der Waals surface area contributed by atoms with Crippen LogP contribution >= 0.6 is 0 Å². The summed E-state index contributed by atoms with van der Waals surface area (Å²) in [6, 6.07) is 19.5. The van der Waals surface area contributed by atoms with E-state index in [1.54, 1.807) is 0 Å². The minimum Gasteiger partial charge on any atom is -0.493 e. The maximum atomic E-state index is 13.1. The smallest absolute Gasteiger partial charge is 0.255 e. The van der Waals surface area contributed by atoms with E-state index in [0.717, 1.165) is 21.9 Å². The average molecular weight is 393 g/mol. The van der Waals surface area contributed by atoms with Crippen molar-refractivity contribution < 1.29 is 19.4 Å². The quantitative estimate of drug-likeness (QED) is 0.576. The van der Waals surface area contributed by atoms with Gasteiger partial charge in [-0.05, 0) is 36.2 Å². The highest BCUT2D eigenvalue weighted by Crippen LogP contribution is 2.28. The first kappa shape index (κ1) is 20.8. The topological polar surface area (TPSA) is 67.8 Å². The summed E-state index contributed by atoms with van der Waals surface area (Å²) >= 11 is 0.